The maximum Gasteiger partial charge on any atom is 0.317 e. The summed E-state index contributed by atoms with van der Waals surface area (Å²) in [6, 6.07) is 8.21. The molecule has 0 heterocycles. The highest BCUT2D eigenvalue weighted by Crippen LogP contribution is 2.09. The van der Waals surface area contributed by atoms with Crippen LogP contribution >= 0.6 is 37.3 Å². The Morgan fingerprint density at radius 1 is 1.31 bits per heavy atom. The van der Waals surface area contributed by atoms with Crippen molar-refractivity contribution in [2.24, 2.45) is 0 Å². The first kappa shape index (κ1) is 13.2. The van der Waals surface area contributed by atoms with E-state index >= 15 is 0 Å². The molecule has 13 heavy (non-hydrogen) atoms. The monoisotopic (exact) mass is 304 g/mol. The van der Waals surface area contributed by atoms with E-state index in [4.69, 9.17) is 8.42 Å². The van der Waals surface area contributed by atoms with Crippen LogP contribution < -0.4 is 0 Å². The Balaban J connectivity index is 0.000000252. The molecule has 2 nitrogen and oxygen atoms in total. The van der Waals surface area contributed by atoms with Crippen LogP contribution in [-0.2, 0) is 8.26 Å². The normalized spacial score (nSPS) is 10.2. The summed E-state index contributed by atoms with van der Waals surface area (Å²) in [5.74, 6) is 0. The lowest BCUT2D eigenvalue weighted by Gasteiger charge is -1.89. The van der Waals surface area contributed by atoms with Gasteiger partial charge in [0.05, 0.1) is 0 Å². The smallest absolute Gasteiger partial charge is 0.195 e. The number of rotatable bonds is 0. The molecule has 0 saturated heterocycles. The Morgan fingerprint density at radius 2 is 1.77 bits per heavy atom. The largest absolute Gasteiger partial charge is 0.317 e. The molecule has 0 atom stereocenters. The van der Waals surface area contributed by atoms with Gasteiger partial charge in [-0.25, -0.2) is 0 Å². The van der Waals surface area contributed by atoms with E-state index in [0.717, 1.165) is 4.47 Å². The highest BCUT2D eigenvalue weighted by Gasteiger charge is 1.88. The van der Waals surface area contributed by atoms with Gasteiger partial charge in [-0.05, 0) is 19.1 Å². The minimum absolute atomic E-state index is 1.15. The number of halogens is 3. The molecule has 1 aromatic rings. The van der Waals surface area contributed by atoms with Crippen LogP contribution in [0.4, 0.5) is 0 Å². The second-order valence-electron chi connectivity index (χ2n) is 2.18. The molecule has 0 aromatic heterocycles. The Kier molecular flexibility index (Phi) is 5.96. The van der Waals surface area contributed by atoms with E-state index in [1.165, 1.54) is 5.56 Å². The summed E-state index contributed by atoms with van der Waals surface area (Å²) in [6.07, 6.45) is 0. The molecular formula is C7H7BrCl2O2S. The third-order valence-electron chi connectivity index (χ3n) is 0.980. The SMILES string of the molecule is Cc1cccc(Br)c1.O=S(=O)(Cl)Cl. The van der Waals surface area contributed by atoms with Crippen LogP contribution in [0.15, 0.2) is 28.7 Å². The Labute approximate surface area is 94.9 Å². The molecule has 1 rings (SSSR count). The molecule has 74 valence electrons. The van der Waals surface area contributed by atoms with Crippen molar-refractivity contribution in [1.82, 2.24) is 0 Å². The fourth-order valence-corrected chi connectivity index (χ4v) is 1.12. The van der Waals surface area contributed by atoms with Crippen LogP contribution in [-0.4, -0.2) is 8.42 Å². The highest BCUT2D eigenvalue weighted by atomic mass is 79.9. The van der Waals surface area contributed by atoms with Crippen LogP contribution in [0.2, 0.25) is 0 Å². The lowest BCUT2D eigenvalue weighted by molar-refractivity contribution is 0.621. The molecule has 0 amide bonds. The van der Waals surface area contributed by atoms with E-state index in [-0.39, 0.29) is 0 Å². The summed E-state index contributed by atoms with van der Waals surface area (Å²) in [7, 11) is 4.81. The number of hydrogen-bond acceptors (Lipinski definition) is 2. The minimum Gasteiger partial charge on any atom is -0.195 e. The Hall–Kier alpha value is 0.230. The van der Waals surface area contributed by atoms with Crippen LogP contribution in [0.3, 0.4) is 0 Å². The van der Waals surface area contributed by atoms with Crippen LogP contribution in [0.1, 0.15) is 5.56 Å². The van der Waals surface area contributed by atoms with Crippen molar-refractivity contribution in [3.8, 4) is 0 Å². The van der Waals surface area contributed by atoms with E-state index in [0.29, 0.717) is 0 Å². The quantitative estimate of drug-likeness (QED) is 0.688. The zero-order valence-electron chi connectivity index (χ0n) is 6.67. The van der Waals surface area contributed by atoms with E-state index in [2.05, 4.69) is 56.4 Å². The molecule has 1 aromatic carbocycles. The van der Waals surface area contributed by atoms with Crippen LogP contribution in [0, 0.1) is 6.92 Å². The van der Waals surface area contributed by atoms with Crippen molar-refractivity contribution in [2.45, 2.75) is 6.92 Å². The van der Waals surface area contributed by atoms with Crippen molar-refractivity contribution in [3.05, 3.63) is 34.3 Å². The Morgan fingerprint density at radius 3 is 2.00 bits per heavy atom. The van der Waals surface area contributed by atoms with Gasteiger partial charge < -0.3 is 0 Å². The van der Waals surface area contributed by atoms with Gasteiger partial charge in [-0.3, -0.25) is 0 Å². The van der Waals surface area contributed by atoms with Gasteiger partial charge in [0.15, 0.2) is 0 Å². The van der Waals surface area contributed by atoms with Crippen molar-refractivity contribution >= 4 is 45.6 Å². The maximum absolute atomic E-state index is 9.16. The summed E-state index contributed by atoms with van der Waals surface area (Å²) in [5, 5.41) is 0. The molecule has 0 aliphatic carbocycles. The van der Waals surface area contributed by atoms with Gasteiger partial charge in [-0.1, -0.05) is 33.6 Å². The van der Waals surface area contributed by atoms with Gasteiger partial charge in [0, 0.05) is 25.8 Å². The predicted octanol–water partition coefficient (Wildman–Crippen LogP) is 3.47. The van der Waals surface area contributed by atoms with Gasteiger partial charge in [-0.15, -0.1) is 0 Å². The highest BCUT2D eigenvalue weighted by molar-refractivity contribution is 9.10. The second kappa shape index (κ2) is 5.86. The Bertz CT molecular complexity index is 339. The molecule has 0 bridgehead atoms. The third kappa shape index (κ3) is 12.2. The van der Waals surface area contributed by atoms with Crippen molar-refractivity contribution in [3.63, 3.8) is 0 Å². The summed E-state index contributed by atoms with van der Waals surface area (Å²) in [6.45, 7) is 2.07. The van der Waals surface area contributed by atoms with E-state index in [9.17, 15) is 0 Å². The van der Waals surface area contributed by atoms with Gasteiger partial charge in [0.1, 0.15) is 0 Å². The lowest BCUT2D eigenvalue weighted by Crippen LogP contribution is -1.67. The molecule has 0 unspecified atom stereocenters. The maximum atomic E-state index is 9.16. The molecule has 0 saturated carbocycles. The number of hydrogen-bond donors (Lipinski definition) is 0. The zero-order chi connectivity index (χ0) is 10.5. The van der Waals surface area contributed by atoms with Gasteiger partial charge in [0.2, 0.25) is 0 Å². The summed E-state index contributed by atoms with van der Waals surface area (Å²) < 4.78 is 19.5. The summed E-state index contributed by atoms with van der Waals surface area (Å²) in [5.41, 5.74) is 1.29. The molecule has 0 aliphatic heterocycles. The summed E-state index contributed by atoms with van der Waals surface area (Å²) in [4.78, 5) is 0. The van der Waals surface area contributed by atoms with Crippen molar-refractivity contribution in [2.75, 3.05) is 0 Å². The standard InChI is InChI=1S/C7H7Br.Cl2O2S/c1-6-3-2-4-7(8)5-6;1-5(2,3)4/h2-5H,1H3;. The van der Waals surface area contributed by atoms with Crippen molar-refractivity contribution in [1.29, 1.82) is 0 Å². The van der Waals surface area contributed by atoms with Gasteiger partial charge in [-0.2, -0.15) is 8.42 Å². The first-order chi connectivity index (χ1) is 5.79. The average Bonchev–Trinajstić information content (AvgIpc) is 1.81. The molecule has 0 aliphatic rings. The fraction of sp³-hybridized carbons (Fsp3) is 0.143. The molecule has 6 heteroatoms. The number of benzene rings is 1. The number of aryl methyl sites for hydroxylation is 1. The summed E-state index contributed by atoms with van der Waals surface area (Å²) >= 11 is 3.36. The topological polar surface area (TPSA) is 34.1 Å². The zero-order valence-corrected chi connectivity index (χ0v) is 10.6. The second-order valence-corrected chi connectivity index (χ2v) is 6.76. The lowest BCUT2D eigenvalue weighted by atomic mass is 10.2. The van der Waals surface area contributed by atoms with Crippen LogP contribution in [0.5, 0.6) is 0 Å². The third-order valence-corrected chi connectivity index (χ3v) is 1.47. The first-order valence-corrected chi connectivity index (χ1v) is 7.08. The van der Waals surface area contributed by atoms with Gasteiger partial charge >= 0.3 is 8.26 Å². The molecule has 0 radical (unpaired) electrons. The molecular weight excluding hydrogens is 299 g/mol. The molecule has 0 N–H and O–H groups in total. The van der Waals surface area contributed by atoms with E-state index in [1.807, 2.05) is 12.1 Å². The average molecular weight is 306 g/mol. The predicted molar refractivity (Wildman–Crippen MR) is 59.5 cm³/mol. The van der Waals surface area contributed by atoms with Crippen molar-refractivity contribution < 1.29 is 8.42 Å². The fourth-order valence-electron chi connectivity index (χ4n) is 0.606. The minimum atomic E-state index is -3.72. The molecule has 0 fully saturated rings. The first-order valence-electron chi connectivity index (χ1n) is 3.15. The van der Waals surface area contributed by atoms with E-state index in [1.54, 1.807) is 0 Å². The van der Waals surface area contributed by atoms with Crippen LogP contribution in [0.25, 0.3) is 0 Å². The van der Waals surface area contributed by atoms with Gasteiger partial charge in [0.25, 0.3) is 0 Å². The van der Waals surface area contributed by atoms with E-state index < -0.39 is 8.26 Å². The molecule has 0 spiro atoms.